The van der Waals surface area contributed by atoms with Crippen molar-refractivity contribution in [2.24, 2.45) is 11.1 Å². The maximum Gasteiger partial charge on any atom is 0.408 e. The molecule has 0 aliphatic heterocycles. The van der Waals surface area contributed by atoms with E-state index in [4.69, 9.17) is 21.4 Å². The molecule has 2 aromatic carbocycles. The Morgan fingerprint density at radius 2 is 1.36 bits per heavy atom. The first-order chi connectivity index (χ1) is 34.6. The molecule has 0 saturated carbocycles. The molecule has 0 spiro atoms. The van der Waals surface area contributed by atoms with Gasteiger partial charge in [0.25, 0.3) is 0 Å². The second-order valence-corrected chi connectivity index (χ2v) is 21.9. The molecule has 0 unspecified atom stereocenters. The van der Waals surface area contributed by atoms with Crippen molar-refractivity contribution in [2.75, 3.05) is 19.7 Å². The smallest absolute Gasteiger partial charge is 0.408 e. The van der Waals surface area contributed by atoms with Gasteiger partial charge in [-0.1, -0.05) is 51.1 Å². The number of aliphatic hydroxyl groups is 1. The van der Waals surface area contributed by atoms with Gasteiger partial charge < -0.3 is 55.8 Å². The molecule has 19 nitrogen and oxygen atoms in total. The van der Waals surface area contributed by atoms with Crippen molar-refractivity contribution in [1.82, 2.24) is 30.7 Å². The van der Waals surface area contributed by atoms with Crippen LogP contribution >= 0.6 is 0 Å². The van der Waals surface area contributed by atoms with Crippen molar-refractivity contribution in [1.29, 1.82) is 0 Å². The molecule has 3 rings (SSSR count). The number of halogens is 2. The van der Waals surface area contributed by atoms with E-state index in [1.807, 2.05) is 30.3 Å². The number of esters is 2. The Morgan fingerprint density at radius 1 is 0.743 bits per heavy atom. The molecule has 0 saturated heterocycles. The number of nitrogens with one attached hydrogen (secondary N) is 4. The van der Waals surface area contributed by atoms with Gasteiger partial charge in [-0.3, -0.25) is 28.8 Å². The third-order valence-corrected chi connectivity index (χ3v) is 10.6. The zero-order chi connectivity index (χ0) is 56.8. The number of benzene rings is 2. The minimum Gasteiger partial charge on any atom is -0.460 e. The summed E-state index contributed by atoms with van der Waals surface area (Å²) in [6.45, 7) is 18.0. The number of nitrogens with two attached hydrogens (primary N) is 1. The van der Waals surface area contributed by atoms with E-state index in [0.29, 0.717) is 11.0 Å². The summed E-state index contributed by atoms with van der Waals surface area (Å²) in [5.74, 6) is -7.88. The van der Waals surface area contributed by atoms with Crippen LogP contribution in [0.3, 0.4) is 0 Å². The summed E-state index contributed by atoms with van der Waals surface area (Å²) in [7, 11) is 0. The molecule has 0 aliphatic carbocycles. The number of aliphatic hydroxyl groups excluding tert-OH is 1. The van der Waals surface area contributed by atoms with Gasteiger partial charge in [0.2, 0.25) is 29.5 Å². The van der Waals surface area contributed by atoms with Crippen LogP contribution in [-0.4, -0.2) is 117 Å². The van der Waals surface area contributed by atoms with Gasteiger partial charge in [-0.05, 0) is 110 Å². The highest BCUT2D eigenvalue weighted by molar-refractivity contribution is 5.94. The van der Waals surface area contributed by atoms with Crippen LogP contribution in [0.1, 0.15) is 132 Å². The van der Waals surface area contributed by atoms with Gasteiger partial charge in [0.05, 0.1) is 12.5 Å². The highest BCUT2D eigenvalue weighted by Gasteiger charge is 2.39. The Morgan fingerprint density at radius 3 is 1.93 bits per heavy atom. The van der Waals surface area contributed by atoms with Crippen LogP contribution in [0.4, 0.5) is 13.6 Å². The van der Waals surface area contributed by atoms with Crippen molar-refractivity contribution in [2.45, 2.75) is 163 Å². The van der Waals surface area contributed by atoms with Crippen molar-refractivity contribution in [3.63, 3.8) is 0 Å². The Hall–Kier alpha value is -6.90. The standard InChI is InChI=1S/C53H75F2N7O12/c1-50(2,3)45(40-26-33(35-27-34(54)18-19-36(35)55)30-61(40)29-32-16-14-13-15-17-32)62(43(66)31-63)25-23-37(59-47(69)39(28-41(56)64)60-49(71)74-53(10,11)12)46(68)57-24-22-42(65)58-38(48(70)73-52(7,8)9)20-21-44(67)72-51(4,5)6/h13-19,26-27,30,37-39,45,63H,20-25,28-29,31H2,1-12H3,(H2,56,64)(H,57,68)(H,58,65)(H,59,69)(H,60,71)/t37-,38-,39-,45-/m0/s1/i/hD. The third kappa shape index (κ3) is 20.9. The van der Waals surface area contributed by atoms with Gasteiger partial charge in [0.15, 0.2) is 1.41 Å². The van der Waals surface area contributed by atoms with Gasteiger partial charge in [0.1, 0.15) is 53.2 Å². The molecule has 0 aliphatic rings. The van der Waals surface area contributed by atoms with Gasteiger partial charge in [0, 0.05) is 55.5 Å². The summed E-state index contributed by atoms with van der Waals surface area (Å²) in [4.78, 5) is 108. The molecule has 7 N–H and O–H groups in total. The largest absolute Gasteiger partial charge is 0.460 e. The first-order valence-corrected chi connectivity index (χ1v) is 24.3. The molecular weight excluding hydrogens is 965 g/mol. The lowest BCUT2D eigenvalue weighted by molar-refractivity contribution is -0.160. The normalized spacial score (nSPS) is 13.7. The number of hydrogen-bond acceptors (Lipinski definition) is 12. The number of primary amides is 1. The maximum atomic E-state index is 15.4. The first kappa shape index (κ1) is 59.7. The van der Waals surface area contributed by atoms with Crippen LogP contribution < -0.4 is 27.0 Å². The average Bonchev–Trinajstić information content (AvgIpc) is 3.67. The van der Waals surface area contributed by atoms with E-state index in [1.54, 1.807) is 99.9 Å². The Balaban J connectivity index is 2.09. The molecular formula is C53H75F2N7O12. The minimum absolute atomic E-state index is 0.0694. The summed E-state index contributed by atoms with van der Waals surface area (Å²) >= 11 is 0. The molecule has 6 amide bonds. The van der Waals surface area contributed by atoms with Crippen molar-refractivity contribution in [3.05, 3.63) is 83.7 Å². The zero-order valence-electron chi connectivity index (χ0n) is 45.6. The summed E-state index contributed by atoms with van der Waals surface area (Å²) in [5, 5.41) is 18.1. The second-order valence-electron chi connectivity index (χ2n) is 21.9. The molecule has 0 radical (unpaired) electrons. The minimum atomic E-state index is -1.75. The van der Waals surface area contributed by atoms with E-state index in [9.17, 15) is 47.9 Å². The Kier molecular flexibility index (Phi) is 21.2. The number of hydrogen-bond donors (Lipinski definition) is 6. The lowest BCUT2D eigenvalue weighted by Gasteiger charge is -2.41. The number of carbonyl (C=O) groups is 8. The van der Waals surface area contributed by atoms with Crippen molar-refractivity contribution >= 4 is 47.6 Å². The Bertz CT molecular complexity index is 2500. The quantitative estimate of drug-likeness (QED) is 0.0509. The highest BCUT2D eigenvalue weighted by Crippen LogP contribution is 2.41. The average molecular weight is 1040 g/mol. The van der Waals surface area contributed by atoms with E-state index >= 15 is 4.39 Å². The lowest BCUT2D eigenvalue weighted by atomic mass is 9.82. The lowest BCUT2D eigenvalue weighted by Crippen LogP contribution is -2.56. The van der Waals surface area contributed by atoms with Gasteiger partial charge in [-0.2, -0.15) is 0 Å². The fourth-order valence-corrected chi connectivity index (χ4v) is 7.68. The first-order valence-electron chi connectivity index (χ1n) is 24.7. The summed E-state index contributed by atoms with van der Waals surface area (Å²) in [6, 6.07) is 7.93. The predicted molar refractivity (Wildman–Crippen MR) is 270 cm³/mol. The number of amides is 6. The molecule has 4 atom stereocenters. The van der Waals surface area contributed by atoms with Crippen LogP contribution in [-0.2, 0) is 54.3 Å². The van der Waals surface area contributed by atoms with E-state index in [-0.39, 0.29) is 30.5 Å². The van der Waals surface area contributed by atoms with Crippen LogP contribution in [0.2, 0.25) is 1.41 Å². The van der Waals surface area contributed by atoms with Gasteiger partial charge in [-0.15, -0.1) is 0 Å². The number of carbonyl (C=O) groups excluding carboxylic acids is 8. The zero-order valence-corrected chi connectivity index (χ0v) is 44.6. The molecule has 3 aromatic rings. The van der Waals surface area contributed by atoms with Crippen LogP contribution in [0.5, 0.6) is 0 Å². The molecule has 74 heavy (non-hydrogen) atoms. The van der Waals surface area contributed by atoms with E-state index in [1.165, 1.54) is 4.90 Å². The summed E-state index contributed by atoms with van der Waals surface area (Å²) < 4.78 is 56.7. The second kappa shape index (κ2) is 26.4. The van der Waals surface area contributed by atoms with Crippen LogP contribution in [0.25, 0.3) is 11.1 Å². The molecule has 0 bridgehead atoms. The molecule has 408 valence electrons. The topological polar surface area (TPSA) is 267 Å². The van der Waals surface area contributed by atoms with Crippen LogP contribution in [0.15, 0.2) is 60.8 Å². The summed E-state index contributed by atoms with van der Waals surface area (Å²) in [6.07, 6.45) is -1.83. The Labute approximate surface area is 433 Å². The highest BCUT2D eigenvalue weighted by atomic mass is 19.1. The monoisotopic (exact) mass is 1040 g/mol. The van der Waals surface area contributed by atoms with Gasteiger partial charge in [-0.25, -0.2) is 18.4 Å². The summed E-state index contributed by atoms with van der Waals surface area (Å²) in [5.41, 5.74) is 3.10. The van der Waals surface area contributed by atoms with E-state index in [0.717, 1.165) is 23.8 Å². The van der Waals surface area contributed by atoms with E-state index in [2.05, 4.69) is 16.0 Å². The molecule has 1 aromatic heterocycles. The molecule has 21 heteroatoms. The fraction of sp³-hybridized carbons (Fsp3) is 0.547. The molecule has 0 fully saturated rings. The maximum absolute atomic E-state index is 15.4. The van der Waals surface area contributed by atoms with Crippen LogP contribution in [0, 0.1) is 17.0 Å². The van der Waals surface area contributed by atoms with E-state index < -0.39 is 145 Å². The van der Waals surface area contributed by atoms with Gasteiger partial charge >= 0.3 is 18.0 Å². The fourth-order valence-electron chi connectivity index (χ4n) is 7.68. The van der Waals surface area contributed by atoms with Crippen molar-refractivity contribution in [3.8, 4) is 11.1 Å². The number of aromatic nitrogens is 1. The number of ether oxygens (including phenoxy) is 3. The number of rotatable bonds is 23. The SMILES string of the molecule is [2H]N(CCC(=O)N[C@@H](CCC(=O)OC(C)(C)C)C(=O)OC(C)(C)C)C(=O)[C@H](CCN(C(=O)CO)[C@@H](c1cc(-c2cc(F)ccc2F)cn1Cc1ccccc1)C(C)(C)C)NC(=O)[C@H](CC(N)=O)NC(=O)OC(C)(C)C. The number of alkyl carbamates (subject to hydrolysis) is 1. The molecule has 1 heterocycles. The number of nitrogens with zero attached hydrogens (tertiary/aromatic N) is 2. The third-order valence-electron chi connectivity index (χ3n) is 10.6. The predicted octanol–water partition coefficient (Wildman–Crippen LogP) is 5.49. The van der Waals surface area contributed by atoms with Crippen molar-refractivity contribution < 1.29 is 67.9 Å².